The summed E-state index contributed by atoms with van der Waals surface area (Å²) in [5.74, 6) is 0.295. The van der Waals surface area contributed by atoms with Crippen LogP contribution in [0.5, 0.6) is 0 Å². The molecule has 3 rings (SSSR count). The second-order valence-electron chi connectivity index (χ2n) is 6.10. The first-order valence-electron chi connectivity index (χ1n) is 7.51. The second kappa shape index (κ2) is 5.64. The maximum Gasteiger partial charge on any atom is 0.251 e. The Morgan fingerprint density at radius 3 is 2.23 bits per heavy atom. The molecule has 0 radical (unpaired) electrons. The zero-order chi connectivity index (χ0) is 15.9. The molecular weight excluding hydrogens is 302 g/mol. The van der Waals surface area contributed by atoms with Crippen LogP contribution in [0.2, 0.25) is 0 Å². The van der Waals surface area contributed by atoms with Crippen LogP contribution in [0.25, 0.3) is 0 Å². The van der Waals surface area contributed by atoms with Gasteiger partial charge in [-0.05, 0) is 48.9 Å². The molecule has 6 nitrogen and oxygen atoms in total. The maximum atomic E-state index is 12.7. The summed E-state index contributed by atoms with van der Waals surface area (Å²) in [6.07, 6.45) is 2.01. The van der Waals surface area contributed by atoms with Gasteiger partial charge in [0.05, 0.1) is 4.90 Å². The minimum Gasteiger partial charge on any atom is -0.355 e. The average molecular weight is 323 g/mol. The van der Waals surface area contributed by atoms with E-state index in [1.54, 1.807) is 11.4 Å². The molecule has 1 aromatic carbocycles. The third-order valence-electron chi connectivity index (χ3n) is 4.85. The highest BCUT2D eigenvalue weighted by Crippen LogP contribution is 2.37. The Bertz CT molecular complexity index is 658. The zero-order valence-corrected chi connectivity index (χ0v) is 13.3. The van der Waals surface area contributed by atoms with E-state index in [0.717, 1.165) is 12.8 Å². The highest BCUT2D eigenvalue weighted by Gasteiger charge is 2.43. The fraction of sp³-hybridized carbons (Fsp3) is 0.533. The predicted molar refractivity (Wildman–Crippen MR) is 82.8 cm³/mol. The first kappa shape index (κ1) is 15.5. The number of piperidine rings is 1. The molecule has 7 heteroatoms. The van der Waals surface area contributed by atoms with E-state index in [2.05, 4.69) is 5.32 Å². The molecule has 3 atom stereocenters. The summed E-state index contributed by atoms with van der Waals surface area (Å²) in [4.78, 5) is 11.8. The zero-order valence-electron chi connectivity index (χ0n) is 12.5. The number of nitrogens with two attached hydrogens (primary N) is 1. The molecule has 0 spiro atoms. The van der Waals surface area contributed by atoms with Crippen molar-refractivity contribution in [3.8, 4) is 0 Å². The van der Waals surface area contributed by atoms with Gasteiger partial charge in [-0.2, -0.15) is 4.31 Å². The van der Waals surface area contributed by atoms with Gasteiger partial charge < -0.3 is 11.1 Å². The topological polar surface area (TPSA) is 92.5 Å². The van der Waals surface area contributed by atoms with Crippen molar-refractivity contribution in [2.24, 2.45) is 17.6 Å². The quantitative estimate of drug-likeness (QED) is 0.842. The summed E-state index contributed by atoms with van der Waals surface area (Å²) in [6.45, 7) is 0.994. The third-order valence-corrected chi connectivity index (χ3v) is 6.70. The van der Waals surface area contributed by atoms with Gasteiger partial charge in [0.2, 0.25) is 10.0 Å². The fourth-order valence-corrected chi connectivity index (χ4v) is 5.04. The molecule has 1 aliphatic heterocycles. The lowest BCUT2D eigenvalue weighted by Crippen LogP contribution is -2.50. The number of carbonyl (C=O) groups is 1. The number of hydrogen-bond acceptors (Lipinski definition) is 4. The van der Waals surface area contributed by atoms with Gasteiger partial charge in [0.1, 0.15) is 0 Å². The van der Waals surface area contributed by atoms with Gasteiger partial charge in [-0.1, -0.05) is 0 Å². The first-order chi connectivity index (χ1) is 10.4. The monoisotopic (exact) mass is 323 g/mol. The van der Waals surface area contributed by atoms with Crippen LogP contribution in [0.3, 0.4) is 0 Å². The number of fused-ring (bicyclic) bond motifs is 2. The molecule has 1 saturated heterocycles. The summed E-state index contributed by atoms with van der Waals surface area (Å²) in [6, 6.07) is 6.20. The summed E-state index contributed by atoms with van der Waals surface area (Å²) in [7, 11) is -1.97. The number of rotatable bonds is 3. The number of benzene rings is 1. The van der Waals surface area contributed by atoms with Gasteiger partial charge in [-0.3, -0.25) is 4.79 Å². The number of hydrogen-bond donors (Lipinski definition) is 2. The van der Waals surface area contributed by atoms with Gasteiger partial charge in [-0.25, -0.2) is 8.42 Å². The van der Waals surface area contributed by atoms with E-state index in [0.29, 0.717) is 18.7 Å². The number of amides is 1. The van der Waals surface area contributed by atoms with Crippen molar-refractivity contribution in [2.75, 3.05) is 20.1 Å². The van der Waals surface area contributed by atoms with E-state index >= 15 is 0 Å². The Balaban J connectivity index is 1.83. The minimum absolute atomic E-state index is 0.127. The molecule has 1 amide bonds. The Morgan fingerprint density at radius 2 is 1.73 bits per heavy atom. The van der Waals surface area contributed by atoms with Gasteiger partial charge in [0.15, 0.2) is 0 Å². The molecule has 0 aromatic heterocycles. The fourth-order valence-electron chi connectivity index (χ4n) is 3.49. The molecule has 2 aliphatic rings. The van der Waals surface area contributed by atoms with Crippen molar-refractivity contribution in [2.45, 2.75) is 23.8 Å². The lowest BCUT2D eigenvalue weighted by atomic mass is 9.95. The summed E-state index contributed by atoms with van der Waals surface area (Å²) < 4.78 is 27.0. The molecule has 120 valence electrons. The first-order valence-corrected chi connectivity index (χ1v) is 8.95. The van der Waals surface area contributed by atoms with Crippen LogP contribution in [0.4, 0.5) is 0 Å². The largest absolute Gasteiger partial charge is 0.355 e. The average Bonchev–Trinajstić information content (AvgIpc) is 2.75. The van der Waals surface area contributed by atoms with E-state index < -0.39 is 10.0 Å². The number of carbonyl (C=O) groups excluding carboxylic acids is 1. The smallest absolute Gasteiger partial charge is 0.251 e. The molecule has 1 heterocycles. The van der Waals surface area contributed by atoms with E-state index in [9.17, 15) is 13.2 Å². The number of nitrogens with one attached hydrogen (secondary N) is 1. The SMILES string of the molecule is CNC(=O)c1ccc(S(=O)(=O)N2C[C@H]3CC[C@@H](C2)C3N)cc1. The van der Waals surface area contributed by atoms with Crippen LogP contribution < -0.4 is 11.1 Å². The normalized spacial score (nSPS) is 28.5. The van der Waals surface area contributed by atoms with Crippen LogP contribution in [-0.4, -0.2) is 44.8 Å². The van der Waals surface area contributed by atoms with E-state index in [1.165, 1.54) is 24.3 Å². The van der Waals surface area contributed by atoms with Crippen LogP contribution >= 0.6 is 0 Å². The van der Waals surface area contributed by atoms with Crippen LogP contribution in [0.1, 0.15) is 23.2 Å². The van der Waals surface area contributed by atoms with Crippen LogP contribution in [0, 0.1) is 11.8 Å². The van der Waals surface area contributed by atoms with E-state index in [4.69, 9.17) is 5.73 Å². The van der Waals surface area contributed by atoms with Crippen LogP contribution in [-0.2, 0) is 10.0 Å². The Hall–Kier alpha value is -1.44. The highest BCUT2D eigenvalue weighted by atomic mass is 32.2. The molecule has 1 unspecified atom stereocenters. The lowest BCUT2D eigenvalue weighted by Gasteiger charge is -2.35. The Morgan fingerprint density at radius 1 is 1.18 bits per heavy atom. The summed E-state index contributed by atoms with van der Waals surface area (Å²) >= 11 is 0. The van der Waals surface area contributed by atoms with Gasteiger partial charge >= 0.3 is 0 Å². The van der Waals surface area contributed by atoms with Crippen molar-refractivity contribution in [3.63, 3.8) is 0 Å². The lowest BCUT2D eigenvalue weighted by molar-refractivity contribution is 0.0963. The highest BCUT2D eigenvalue weighted by molar-refractivity contribution is 7.89. The van der Waals surface area contributed by atoms with Gasteiger partial charge in [0.25, 0.3) is 5.91 Å². The number of sulfonamides is 1. The summed E-state index contributed by atoms with van der Waals surface area (Å²) in [5, 5.41) is 2.51. The Labute approximate surface area is 130 Å². The summed E-state index contributed by atoms with van der Waals surface area (Å²) in [5.41, 5.74) is 6.58. The molecule has 1 aliphatic carbocycles. The van der Waals surface area contributed by atoms with E-state index in [-0.39, 0.29) is 28.7 Å². The van der Waals surface area contributed by atoms with Crippen molar-refractivity contribution < 1.29 is 13.2 Å². The maximum absolute atomic E-state index is 12.7. The molecule has 1 saturated carbocycles. The molecule has 2 bridgehead atoms. The number of nitrogens with zero attached hydrogens (tertiary/aromatic N) is 1. The van der Waals surface area contributed by atoms with Crippen molar-refractivity contribution in [1.82, 2.24) is 9.62 Å². The molecule has 1 aromatic rings. The molecule has 3 N–H and O–H groups in total. The van der Waals surface area contributed by atoms with Gasteiger partial charge in [-0.15, -0.1) is 0 Å². The standard InChI is InChI=1S/C15H21N3O3S/c1-17-15(19)10-4-6-13(7-5-10)22(20,21)18-8-11-2-3-12(9-18)14(11)16/h4-7,11-12,14H,2-3,8-9,16H2,1H3,(H,17,19)/t11-,12+,14?. The van der Waals surface area contributed by atoms with Crippen LogP contribution in [0.15, 0.2) is 29.2 Å². The minimum atomic E-state index is -3.51. The molecule has 2 fully saturated rings. The second-order valence-corrected chi connectivity index (χ2v) is 8.04. The molecule has 22 heavy (non-hydrogen) atoms. The van der Waals surface area contributed by atoms with E-state index in [1.807, 2.05) is 0 Å². The van der Waals surface area contributed by atoms with Crippen molar-refractivity contribution in [3.05, 3.63) is 29.8 Å². The van der Waals surface area contributed by atoms with Crippen molar-refractivity contribution >= 4 is 15.9 Å². The van der Waals surface area contributed by atoms with Gasteiger partial charge in [0, 0.05) is 31.7 Å². The Kier molecular flexibility index (Phi) is 3.96. The predicted octanol–water partition coefficient (Wildman–Crippen LogP) is 0.404. The third kappa shape index (κ3) is 2.53. The molecular formula is C15H21N3O3S. The van der Waals surface area contributed by atoms with Crippen molar-refractivity contribution in [1.29, 1.82) is 0 Å².